The summed E-state index contributed by atoms with van der Waals surface area (Å²) in [5.41, 5.74) is 0. The fourth-order valence-electron chi connectivity index (χ4n) is 0.322. The van der Waals surface area contributed by atoms with Crippen molar-refractivity contribution in [3.05, 3.63) is 0 Å². The van der Waals surface area contributed by atoms with Crippen LogP contribution in [0, 0.1) is 0 Å². The van der Waals surface area contributed by atoms with Crippen LogP contribution < -0.4 is 0 Å². The van der Waals surface area contributed by atoms with Crippen molar-refractivity contribution in [2.45, 2.75) is 13.3 Å². The zero-order valence-electron chi connectivity index (χ0n) is 4.40. The standard InChI is InChI=1S/C4H10BS/c1-3-4-6(2)5/h3-4H2,1-2H3/q-1. The Labute approximate surface area is 42.8 Å². The second-order valence-corrected chi connectivity index (χ2v) is 3.19. The molecule has 36 valence electrons. The molecule has 0 aromatic heterocycles. The third kappa shape index (κ3) is 4.41. The second-order valence-electron chi connectivity index (χ2n) is 1.40. The summed E-state index contributed by atoms with van der Waals surface area (Å²) in [5.74, 6) is 1.18. The summed E-state index contributed by atoms with van der Waals surface area (Å²) in [7, 11) is 0.184. The van der Waals surface area contributed by atoms with Crippen molar-refractivity contribution < 1.29 is 0 Å². The molecule has 6 heavy (non-hydrogen) atoms. The van der Waals surface area contributed by atoms with Gasteiger partial charge in [-0.2, -0.15) is 0 Å². The summed E-state index contributed by atoms with van der Waals surface area (Å²) in [4.78, 5) is 0. The third-order valence-corrected chi connectivity index (χ3v) is 1.58. The van der Waals surface area contributed by atoms with Gasteiger partial charge in [-0.05, 0) is 0 Å². The van der Waals surface area contributed by atoms with Crippen LogP contribution in [0.4, 0.5) is 0 Å². The zero-order chi connectivity index (χ0) is 4.99. The Kier molecular flexibility index (Phi) is 3.85. The van der Waals surface area contributed by atoms with Crippen LogP contribution in [0.5, 0.6) is 0 Å². The summed E-state index contributed by atoms with van der Waals surface area (Å²) in [6.07, 6.45) is 3.28. The Balaban J connectivity index is 2.91. The van der Waals surface area contributed by atoms with E-state index in [-0.39, 0.29) is 10.1 Å². The van der Waals surface area contributed by atoms with Crippen molar-refractivity contribution in [2.24, 2.45) is 0 Å². The van der Waals surface area contributed by atoms with Crippen molar-refractivity contribution in [2.75, 3.05) is 12.0 Å². The Morgan fingerprint density at radius 3 is 2.17 bits per heavy atom. The topological polar surface area (TPSA) is 0 Å². The quantitative estimate of drug-likeness (QED) is 0.337. The maximum absolute atomic E-state index is 5.43. The summed E-state index contributed by atoms with van der Waals surface area (Å²) in [6.45, 7) is 7.58. The van der Waals surface area contributed by atoms with Crippen LogP contribution in [0.1, 0.15) is 13.3 Å². The Morgan fingerprint density at radius 2 is 2.17 bits per heavy atom. The SMILES string of the molecule is B#[S-](C)CCC. The van der Waals surface area contributed by atoms with E-state index in [1.165, 1.54) is 12.2 Å². The molecule has 0 N–H and O–H groups in total. The van der Waals surface area contributed by atoms with E-state index in [4.69, 9.17) is 6.53 Å². The Morgan fingerprint density at radius 1 is 1.67 bits per heavy atom. The van der Waals surface area contributed by atoms with Gasteiger partial charge in [-0.15, -0.1) is 0 Å². The molecular weight excluding hydrogens is 90.9 g/mol. The molecule has 0 unspecified atom stereocenters. The van der Waals surface area contributed by atoms with E-state index in [1.807, 2.05) is 0 Å². The van der Waals surface area contributed by atoms with E-state index < -0.39 is 0 Å². The molecule has 0 amide bonds. The van der Waals surface area contributed by atoms with E-state index >= 15 is 0 Å². The van der Waals surface area contributed by atoms with Crippen LogP contribution in [-0.4, -0.2) is 18.5 Å². The van der Waals surface area contributed by atoms with Crippen molar-refractivity contribution in [3.8, 4) is 0 Å². The van der Waals surface area contributed by atoms with Crippen LogP contribution in [0.15, 0.2) is 0 Å². The molecule has 0 aliphatic heterocycles. The minimum atomic E-state index is 0.184. The summed E-state index contributed by atoms with van der Waals surface area (Å²) in [6, 6.07) is 0. The molecule has 0 bridgehead atoms. The average Bonchev–Trinajstić information content (AvgIpc) is 1.35. The van der Waals surface area contributed by atoms with Gasteiger partial charge in [0.15, 0.2) is 0 Å². The second kappa shape index (κ2) is 3.60. The van der Waals surface area contributed by atoms with Gasteiger partial charge in [0.25, 0.3) is 0 Å². The number of rotatable bonds is 1. The molecule has 0 aromatic rings. The van der Waals surface area contributed by atoms with Crippen LogP contribution in [0.3, 0.4) is 0 Å². The molecule has 0 atom stereocenters. The van der Waals surface area contributed by atoms with Crippen molar-refractivity contribution >= 4 is 16.7 Å². The monoisotopic (exact) mass is 101 g/mol. The molecule has 0 heterocycles. The van der Waals surface area contributed by atoms with Crippen LogP contribution >= 0.6 is 0 Å². The van der Waals surface area contributed by atoms with Gasteiger partial charge in [-0.3, -0.25) is 0 Å². The van der Waals surface area contributed by atoms with Gasteiger partial charge >= 0.3 is 42.0 Å². The summed E-state index contributed by atoms with van der Waals surface area (Å²) < 4.78 is 0. The fraction of sp³-hybridized carbons (Fsp3) is 1.00. The minimum absolute atomic E-state index is 0.184. The first-order valence-corrected chi connectivity index (χ1v) is 4.00. The number of hydrogen-bond donors (Lipinski definition) is 0. The Bertz CT molecular complexity index is 79.3. The molecule has 0 saturated heterocycles. The van der Waals surface area contributed by atoms with Gasteiger partial charge in [-0.25, -0.2) is 0 Å². The number of hydrogen-bond acceptors (Lipinski definition) is 1. The normalized spacial score (nSPS) is 10.2. The molecule has 0 spiro atoms. The molecular formula is C4H10BS-. The molecule has 0 aromatic carbocycles. The molecule has 0 aliphatic rings. The molecule has 0 fully saturated rings. The van der Waals surface area contributed by atoms with E-state index in [2.05, 4.69) is 13.2 Å². The molecule has 0 radical (unpaired) electrons. The third-order valence-electron chi connectivity index (χ3n) is 0.526. The average molecular weight is 101 g/mol. The summed E-state index contributed by atoms with van der Waals surface area (Å²) >= 11 is 0. The van der Waals surface area contributed by atoms with Crippen molar-refractivity contribution in [1.82, 2.24) is 0 Å². The maximum atomic E-state index is 5.43. The van der Waals surface area contributed by atoms with Gasteiger partial charge < -0.3 is 0 Å². The van der Waals surface area contributed by atoms with Gasteiger partial charge in [0, 0.05) is 0 Å². The van der Waals surface area contributed by atoms with E-state index in [1.54, 1.807) is 0 Å². The van der Waals surface area contributed by atoms with E-state index in [0.717, 1.165) is 0 Å². The van der Waals surface area contributed by atoms with Gasteiger partial charge in [-0.1, -0.05) is 0 Å². The Hall–Kier alpha value is 0.415. The van der Waals surface area contributed by atoms with Gasteiger partial charge in [0.1, 0.15) is 0 Å². The van der Waals surface area contributed by atoms with Crippen molar-refractivity contribution in [1.29, 1.82) is 0 Å². The first kappa shape index (κ1) is 6.41. The molecule has 0 aliphatic carbocycles. The van der Waals surface area contributed by atoms with Crippen LogP contribution in [0.25, 0.3) is 0 Å². The van der Waals surface area contributed by atoms with Gasteiger partial charge in [0.05, 0.1) is 0 Å². The van der Waals surface area contributed by atoms with Gasteiger partial charge in [0.2, 0.25) is 0 Å². The van der Waals surface area contributed by atoms with Crippen LogP contribution in [-0.2, 0) is 10.1 Å². The predicted octanol–water partition coefficient (Wildman–Crippen LogP) is 0.728. The zero-order valence-corrected chi connectivity index (χ0v) is 5.22. The molecule has 0 saturated carbocycles. The molecule has 0 rings (SSSR count). The molecule has 0 nitrogen and oxygen atoms in total. The van der Waals surface area contributed by atoms with E-state index in [0.29, 0.717) is 0 Å². The van der Waals surface area contributed by atoms with Crippen molar-refractivity contribution in [3.63, 3.8) is 0 Å². The first-order chi connectivity index (χ1) is 2.77. The summed E-state index contributed by atoms with van der Waals surface area (Å²) in [5, 5.41) is 0. The molecule has 2 heteroatoms. The fourth-order valence-corrected chi connectivity index (χ4v) is 0.966. The van der Waals surface area contributed by atoms with Crippen LogP contribution in [0.2, 0.25) is 0 Å². The van der Waals surface area contributed by atoms with E-state index in [9.17, 15) is 0 Å². The first-order valence-electron chi connectivity index (χ1n) is 2.14. The predicted molar refractivity (Wildman–Crippen MR) is 34.2 cm³/mol.